The molecule has 0 N–H and O–H groups in total. The maximum atomic E-state index is 10.7. The van der Waals surface area contributed by atoms with Crippen LogP contribution in [0.2, 0.25) is 0 Å². The minimum absolute atomic E-state index is 0.583. The molecular weight excluding hydrogens is 270 g/mol. The van der Waals surface area contributed by atoms with Crippen molar-refractivity contribution in [2.45, 2.75) is 0 Å². The SMILES string of the molecule is N#Cc1cn(-c2ccc(C=O)cc2)cc1-c1nccs1. The van der Waals surface area contributed by atoms with Crippen molar-refractivity contribution in [3.05, 3.63) is 59.4 Å². The summed E-state index contributed by atoms with van der Waals surface area (Å²) in [5.74, 6) is 0. The predicted molar refractivity (Wildman–Crippen MR) is 77.0 cm³/mol. The van der Waals surface area contributed by atoms with E-state index in [2.05, 4.69) is 11.1 Å². The van der Waals surface area contributed by atoms with Crippen molar-refractivity contribution >= 4 is 17.6 Å². The molecule has 0 radical (unpaired) electrons. The quantitative estimate of drug-likeness (QED) is 0.691. The van der Waals surface area contributed by atoms with Gasteiger partial charge in [-0.3, -0.25) is 4.79 Å². The van der Waals surface area contributed by atoms with E-state index >= 15 is 0 Å². The van der Waals surface area contributed by atoms with Crippen LogP contribution < -0.4 is 0 Å². The van der Waals surface area contributed by atoms with Gasteiger partial charge in [-0.05, 0) is 24.3 Å². The lowest BCUT2D eigenvalue weighted by Gasteiger charge is -2.01. The highest BCUT2D eigenvalue weighted by Gasteiger charge is 2.11. The Balaban J connectivity index is 2.07. The molecule has 96 valence electrons. The molecule has 3 rings (SSSR count). The van der Waals surface area contributed by atoms with Crippen molar-refractivity contribution in [2.75, 3.05) is 0 Å². The molecule has 0 aliphatic heterocycles. The van der Waals surface area contributed by atoms with Crippen molar-refractivity contribution in [1.82, 2.24) is 9.55 Å². The third-order valence-corrected chi connectivity index (χ3v) is 3.74. The zero-order valence-corrected chi connectivity index (χ0v) is 11.2. The summed E-state index contributed by atoms with van der Waals surface area (Å²) in [6, 6.07) is 9.37. The van der Waals surface area contributed by atoms with Crippen LogP contribution in [-0.4, -0.2) is 15.8 Å². The number of aromatic nitrogens is 2. The summed E-state index contributed by atoms with van der Waals surface area (Å²) in [6.07, 6.45) is 6.18. The number of carbonyl (C=O) groups excluding carboxylic acids is 1. The van der Waals surface area contributed by atoms with Crippen LogP contribution >= 0.6 is 11.3 Å². The van der Waals surface area contributed by atoms with Crippen molar-refractivity contribution in [2.24, 2.45) is 0 Å². The first kappa shape index (κ1) is 12.3. The Labute approximate surface area is 119 Å². The van der Waals surface area contributed by atoms with E-state index in [4.69, 9.17) is 0 Å². The summed E-state index contributed by atoms with van der Waals surface area (Å²) in [5, 5.41) is 11.9. The normalized spacial score (nSPS) is 10.2. The molecular formula is C15H9N3OS. The van der Waals surface area contributed by atoms with Crippen LogP contribution in [0.3, 0.4) is 0 Å². The molecule has 0 amide bonds. The number of hydrogen-bond donors (Lipinski definition) is 0. The van der Waals surface area contributed by atoms with Crippen LogP contribution in [0.25, 0.3) is 16.3 Å². The first-order valence-corrected chi connectivity index (χ1v) is 6.77. The molecule has 5 heteroatoms. The number of aldehydes is 1. The van der Waals surface area contributed by atoms with Gasteiger partial charge in [-0.1, -0.05) is 0 Å². The minimum Gasteiger partial charge on any atom is -0.322 e. The Hall–Kier alpha value is -2.71. The number of benzene rings is 1. The molecule has 0 spiro atoms. The molecule has 0 unspecified atom stereocenters. The smallest absolute Gasteiger partial charge is 0.150 e. The van der Waals surface area contributed by atoms with Gasteiger partial charge in [0.25, 0.3) is 0 Å². The summed E-state index contributed by atoms with van der Waals surface area (Å²) in [7, 11) is 0. The van der Waals surface area contributed by atoms with Gasteiger partial charge in [0.05, 0.1) is 5.56 Å². The summed E-state index contributed by atoms with van der Waals surface area (Å²) >= 11 is 1.50. The molecule has 4 nitrogen and oxygen atoms in total. The molecule has 2 heterocycles. The van der Waals surface area contributed by atoms with E-state index in [0.717, 1.165) is 22.5 Å². The second kappa shape index (κ2) is 5.11. The Morgan fingerprint density at radius 3 is 2.65 bits per heavy atom. The molecule has 0 saturated carbocycles. The number of hydrogen-bond acceptors (Lipinski definition) is 4. The van der Waals surface area contributed by atoms with Crippen molar-refractivity contribution in [3.63, 3.8) is 0 Å². The van der Waals surface area contributed by atoms with Crippen LogP contribution in [0.1, 0.15) is 15.9 Å². The van der Waals surface area contributed by atoms with Crippen molar-refractivity contribution in [1.29, 1.82) is 5.26 Å². The van der Waals surface area contributed by atoms with Gasteiger partial charge in [-0.2, -0.15) is 5.26 Å². The highest BCUT2D eigenvalue weighted by molar-refractivity contribution is 7.13. The number of rotatable bonds is 3. The van der Waals surface area contributed by atoms with Gasteiger partial charge < -0.3 is 4.57 Å². The van der Waals surface area contributed by atoms with Crippen molar-refractivity contribution < 1.29 is 4.79 Å². The number of nitriles is 1. The number of carbonyl (C=O) groups is 1. The van der Waals surface area contributed by atoms with Gasteiger partial charge in [0.2, 0.25) is 0 Å². The molecule has 20 heavy (non-hydrogen) atoms. The summed E-state index contributed by atoms with van der Waals surface area (Å²) in [6.45, 7) is 0. The average Bonchev–Trinajstić information content (AvgIpc) is 3.16. The topological polar surface area (TPSA) is 58.7 Å². The van der Waals surface area contributed by atoms with Crippen LogP contribution in [0.4, 0.5) is 0 Å². The van der Waals surface area contributed by atoms with E-state index in [-0.39, 0.29) is 0 Å². The average molecular weight is 279 g/mol. The molecule has 2 aromatic heterocycles. The summed E-state index contributed by atoms with van der Waals surface area (Å²) < 4.78 is 1.86. The molecule has 3 aromatic rings. The van der Waals surface area contributed by atoms with E-state index in [0.29, 0.717) is 11.1 Å². The Bertz CT molecular complexity index is 780. The van der Waals surface area contributed by atoms with Gasteiger partial charge >= 0.3 is 0 Å². The predicted octanol–water partition coefficient (Wildman–Crippen LogP) is 3.28. The Morgan fingerprint density at radius 1 is 1.25 bits per heavy atom. The van der Waals surface area contributed by atoms with E-state index in [9.17, 15) is 10.1 Å². The lowest BCUT2D eigenvalue weighted by molar-refractivity contribution is 0.112. The maximum absolute atomic E-state index is 10.7. The van der Waals surface area contributed by atoms with Gasteiger partial charge in [0.15, 0.2) is 0 Å². The van der Waals surface area contributed by atoms with Gasteiger partial charge in [0, 0.05) is 40.8 Å². The van der Waals surface area contributed by atoms with Gasteiger partial charge in [0.1, 0.15) is 17.4 Å². The highest BCUT2D eigenvalue weighted by atomic mass is 32.1. The highest BCUT2D eigenvalue weighted by Crippen LogP contribution is 2.27. The largest absolute Gasteiger partial charge is 0.322 e. The summed E-state index contributed by atoms with van der Waals surface area (Å²) in [4.78, 5) is 14.9. The fraction of sp³-hybridized carbons (Fsp3) is 0. The molecule has 0 aliphatic rings. The molecule has 0 aliphatic carbocycles. The fourth-order valence-electron chi connectivity index (χ4n) is 1.94. The fourth-order valence-corrected chi connectivity index (χ4v) is 2.61. The van der Waals surface area contributed by atoms with Gasteiger partial charge in [-0.25, -0.2) is 4.98 Å². The van der Waals surface area contributed by atoms with E-state index < -0.39 is 0 Å². The number of thiazole rings is 1. The van der Waals surface area contributed by atoms with Crippen LogP contribution in [0, 0.1) is 11.3 Å². The first-order chi connectivity index (χ1) is 9.81. The van der Waals surface area contributed by atoms with Crippen molar-refractivity contribution in [3.8, 4) is 22.3 Å². The monoisotopic (exact) mass is 279 g/mol. The molecule has 0 saturated heterocycles. The van der Waals surface area contributed by atoms with Crippen LogP contribution in [0.15, 0.2) is 48.2 Å². The first-order valence-electron chi connectivity index (χ1n) is 5.89. The van der Waals surface area contributed by atoms with Crippen LogP contribution in [0.5, 0.6) is 0 Å². The van der Waals surface area contributed by atoms with Crippen LogP contribution in [-0.2, 0) is 0 Å². The van der Waals surface area contributed by atoms with E-state index in [1.807, 2.05) is 28.3 Å². The van der Waals surface area contributed by atoms with E-state index in [1.54, 1.807) is 24.5 Å². The molecule has 1 aromatic carbocycles. The molecule has 0 atom stereocenters. The lowest BCUT2D eigenvalue weighted by Crippen LogP contribution is -1.90. The van der Waals surface area contributed by atoms with E-state index in [1.165, 1.54) is 11.3 Å². The minimum atomic E-state index is 0.583. The Morgan fingerprint density at radius 2 is 2.05 bits per heavy atom. The Kier molecular flexibility index (Phi) is 3.15. The second-order valence-electron chi connectivity index (χ2n) is 4.15. The maximum Gasteiger partial charge on any atom is 0.150 e. The zero-order chi connectivity index (χ0) is 13.9. The van der Waals surface area contributed by atoms with Gasteiger partial charge in [-0.15, -0.1) is 11.3 Å². The zero-order valence-electron chi connectivity index (χ0n) is 10.4. The molecule has 0 fully saturated rings. The second-order valence-corrected chi connectivity index (χ2v) is 5.05. The number of nitrogens with zero attached hydrogens (tertiary/aromatic N) is 3. The third kappa shape index (κ3) is 2.13. The lowest BCUT2D eigenvalue weighted by atomic mass is 10.2. The molecule has 0 bridgehead atoms. The summed E-state index contributed by atoms with van der Waals surface area (Å²) in [5.41, 5.74) is 2.93. The standard InChI is InChI=1S/C15H9N3OS/c16-7-12-8-18(9-14(12)15-17-5-6-20-15)13-3-1-11(10-19)2-4-13/h1-6,8-10H. The third-order valence-electron chi connectivity index (χ3n) is 2.94.